The predicted molar refractivity (Wildman–Crippen MR) is 64.1 cm³/mol. The van der Waals surface area contributed by atoms with Crippen LogP contribution >= 0.6 is 11.6 Å². The Morgan fingerprint density at radius 3 is 2.31 bits per heavy atom. The summed E-state index contributed by atoms with van der Waals surface area (Å²) >= 11 is 6.11. The van der Waals surface area contributed by atoms with Crippen LogP contribution in [0.25, 0.3) is 0 Å². The first-order valence-electron chi connectivity index (χ1n) is 5.09. The summed E-state index contributed by atoms with van der Waals surface area (Å²) in [7, 11) is 1.53. The summed E-state index contributed by atoms with van der Waals surface area (Å²) in [6, 6.07) is 1.76. The van der Waals surface area contributed by atoms with Crippen LogP contribution in [0.4, 0.5) is 0 Å². The Kier molecular flexibility index (Phi) is 4.19. The maximum Gasteiger partial charge on any atom is 0.125 e. The molecule has 90 valence electrons. The number of aryl methyl sites for hydroxylation is 1. The van der Waals surface area contributed by atoms with Crippen LogP contribution in [-0.2, 0) is 0 Å². The second-order valence-electron chi connectivity index (χ2n) is 3.93. The molecule has 0 aliphatic carbocycles. The number of ether oxygens (including phenoxy) is 1. The van der Waals surface area contributed by atoms with Gasteiger partial charge in [0.2, 0.25) is 0 Å². The van der Waals surface area contributed by atoms with Crippen molar-refractivity contribution in [3.05, 3.63) is 27.8 Å². The van der Waals surface area contributed by atoms with E-state index in [1.165, 1.54) is 14.0 Å². The number of hydrogen-bond acceptors (Lipinski definition) is 3. The van der Waals surface area contributed by atoms with Gasteiger partial charge < -0.3 is 14.9 Å². The molecule has 2 unspecified atom stereocenters. The standard InChI is InChI=1S/C12H17ClO3/c1-6-5-9(16-4)10(7(2)11(6)13)12(15)8(3)14/h5,8,12,14-15H,1-4H3. The van der Waals surface area contributed by atoms with E-state index in [4.69, 9.17) is 16.3 Å². The average Bonchev–Trinajstić information content (AvgIpc) is 2.24. The molecular weight excluding hydrogens is 228 g/mol. The van der Waals surface area contributed by atoms with Gasteiger partial charge in [-0.3, -0.25) is 0 Å². The molecule has 0 heterocycles. The summed E-state index contributed by atoms with van der Waals surface area (Å²) in [5.74, 6) is 0.549. The molecule has 0 saturated heterocycles. The van der Waals surface area contributed by atoms with Gasteiger partial charge in [0.15, 0.2) is 0 Å². The van der Waals surface area contributed by atoms with Gasteiger partial charge >= 0.3 is 0 Å². The minimum Gasteiger partial charge on any atom is -0.496 e. The zero-order valence-corrected chi connectivity index (χ0v) is 10.7. The van der Waals surface area contributed by atoms with E-state index >= 15 is 0 Å². The van der Waals surface area contributed by atoms with Gasteiger partial charge in [0.05, 0.1) is 13.2 Å². The Balaban J connectivity index is 3.41. The molecule has 1 aromatic rings. The van der Waals surface area contributed by atoms with Crippen molar-refractivity contribution in [3.8, 4) is 5.75 Å². The zero-order valence-electron chi connectivity index (χ0n) is 9.91. The van der Waals surface area contributed by atoms with Crippen LogP contribution in [0.1, 0.15) is 29.7 Å². The second kappa shape index (κ2) is 5.04. The lowest BCUT2D eigenvalue weighted by molar-refractivity contribution is 0.0286. The van der Waals surface area contributed by atoms with Crippen LogP contribution < -0.4 is 4.74 Å². The number of rotatable bonds is 3. The highest BCUT2D eigenvalue weighted by molar-refractivity contribution is 6.32. The second-order valence-corrected chi connectivity index (χ2v) is 4.31. The van der Waals surface area contributed by atoms with Crippen LogP contribution in [0, 0.1) is 13.8 Å². The minimum absolute atomic E-state index is 0.549. The molecule has 0 saturated carbocycles. The van der Waals surface area contributed by atoms with Gasteiger partial charge in [-0.25, -0.2) is 0 Å². The number of hydrogen-bond donors (Lipinski definition) is 2. The molecule has 2 atom stereocenters. The summed E-state index contributed by atoms with van der Waals surface area (Å²) in [6.45, 7) is 5.20. The van der Waals surface area contributed by atoms with E-state index in [1.54, 1.807) is 13.0 Å². The lowest BCUT2D eigenvalue weighted by atomic mass is 9.97. The minimum atomic E-state index is -0.993. The van der Waals surface area contributed by atoms with Crippen molar-refractivity contribution in [1.29, 1.82) is 0 Å². The van der Waals surface area contributed by atoms with Crippen LogP contribution in [0.2, 0.25) is 5.02 Å². The number of aliphatic hydroxyl groups is 2. The summed E-state index contributed by atoms with van der Waals surface area (Å²) < 4.78 is 5.20. The maximum atomic E-state index is 9.92. The summed E-state index contributed by atoms with van der Waals surface area (Å²) in [5, 5.41) is 19.9. The van der Waals surface area contributed by atoms with Gasteiger partial charge in [0.25, 0.3) is 0 Å². The van der Waals surface area contributed by atoms with E-state index in [2.05, 4.69) is 0 Å². The van der Waals surface area contributed by atoms with Crippen molar-refractivity contribution in [1.82, 2.24) is 0 Å². The lowest BCUT2D eigenvalue weighted by Crippen LogP contribution is -2.16. The van der Waals surface area contributed by atoms with E-state index < -0.39 is 12.2 Å². The number of aliphatic hydroxyl groups excluding tert-OH is 2. The van der Waals surface area contributed by atoms with Crippen LogP contribution in [0.5, 0.6) is 5.75 Å². The molecule has 0 fully saturated rings. The Hall–Kier alpha value is -0.770. The highest BCUT2D eigenvalue weighted by Gasteiger charge is 2.22. The normalized spacial score (nSPS) is 14.7. The fraction of sp³-hybridized carbons (Fsp3) is 0.500. The molecule has 0 aliphatic heterocycles. The number of halogens is 1. The third-order valence-corrected chi connectivity index (χ3v) is 3.25. The fourth-order valence-corrected chi connectivity index (χ4v) is 1.87. The van der Waals surface area contributed by atoms with Crippen LogP contribution in [0.3, 0.4) is 0 Å². The van der Waals surface area contributed by atoms with Crippen LogP contribution in [-0.4, -0.2) is 23.4 Å². The summed E-state index contributed by atoms with van der Waals surface area (Å²) in [6.07, 6.45) is -1.86. The molecule has 0 aromatic heterocycles. The molecule has 3 nitrogen and oxygen atoms in total. The molecular formula is C12H17ClO3. The first kappa shape index (κ1) is 13.3. The van der Waals surface area contributed by atoms with E-state index in [9.17, 15) is 10.2 Å². The van der Waals surface area contributed by atoms with Crippen molar-refractivity contribution >= 4 is 11.6 Å². The van der Waals surface area contributed by atoms with Gasteiger partial charge in [-0.15, -0.1) is 0 Å². The molecule has 0 amide bonds. The zero-order chi connectivity index (χ0) is 12.5. The molecule has 0 aliphatic rings. The maximum absolute atomic E-state index is 9.92. The molecule has 0 bridgehead atoms. The highest BCUT2D eigenvalue weighted by atomic mass is 35.5. The van der Waals surface area contributed by atoms with Gasteiger partial charge in [-0.1, -0.05) is 11.6 Å². The van der Waals surface area contributed by atoms with Crippen molar-refractivity contribution in [2.75, 3.05) is 7.11 Å². The van der Waals surface area contributed by atoms with Crippen LogP contribution in [0.15, 0.2) is 6.07 Å². The SMILES string of the molecule is COc1cc(C)c(Cl)c(C)c1C(O)C(C)O. The number of methoxy groups -OCH3 is 1. The Morgan fingerprint density at radius 2 is 1.88 bits per heavy atom. The lowest BCUT2D eigenvalue weighted by Gasteiger charge is -2.21. The van der Waals surface area contributed by atoms with E-state index in [-0.39, 0.29) is 0 Å². The topological polar surface area (TPSA) is 49.7 Å². The van der Waals surface area contributed by atoms with Gasteiger partial charge in [0.1, 0.15) is 11.9 Å². The first-order valence-corrected chi connectivity index (χ1v) is 5.47. The van der Waals surface area contributed by atoms with E-state index in [1.807, 2.05) is 6.92 Å². The van der Waals surface area contributed by atoms with Crippen molar-refractivity contribution in [2.24, 2.45) is 0 Å². The quantitative estimate of drug-likeness (QED) is 0.858. The first-order chi connectivity index (χ1) is 7.40. The number of benzene rings is 1. The average molecular weight is 245 g/mol. The third kappa shape index (κ3) is 2.32. The molecule has 0 radical (unpaired) electrons. The monoisotopic (exact) mass is 244 g/mol. The largest absolute Gasteiger partial charge is 0.496 e. The Morgan fingerprint density at radius 1 is 1.31 bits per heavy atom. The van der Waals surface area contributed by atoms with Crippen molar-refractivity contribution in [3.63, 3.8) is 0 Å². The van der Waals surface area contributed by atoms with Gasteiger partial charge in [-0.2, -0.15) is 0 Å². The van der Waals surface area contributed by atoms with Gasteiger partial charge in [0, 0.05) is 10.6 Å². The highest BCUT2D eigenvalue weighted by Crippen LogP contribution is 2.36. The Labute approximate surface area is 101 Å². The van der Waals surface area contributed by atoms with E-state index in [0.717, 1.165) is 11.1 Å². The van der Waals surface area contributed by atoms with E-state index in [0.29, 0.717) is 16.3 Å². The molecule has 4 heteroatoms. The molecule has 1 rings (SSSR count). The smallest absolute Gasteiger partial charge is 0.125 e. The fourth-order valence-electron chi connectivity index (χ4n) is 1.71. The Bertz CT molecular complexity index is 388. The summed E-state index contributed by atoms with van der Waals surface area (Å²) in [4.78, 5) is 0. The molecule has 0 spiro atoms. The molecule has 2 N–H and O–H groups in total. The third-order valence-electron chi connectivity index (χ3n) is 2.67. The molecule has 16 heavy (non-hydrogen) atoms. The van der Waals surface area contributed by atoms with Crippen molar-refractivity contribution < 1.29 is 14.9 Å². The van der Waals surface area contributed by atoms with Crippen molar-refractivity contribution in [2.45, 2.75) is 33.0 Å². The predicted octanol–water partition coefficient (Wildman–Crippen LogP) is 2.38. The summed E-state index contributed by atoms with van der Waals surface area (Å²) in [5.41, 5.74) is 2.18. The van der Waals surface area contributed by atoms with Gasteiger partial charge in [-0.05, 0) is 38.0 Å². The molecule has 1 aromatic carbocycles.